The molecule has 92 valence electrons. The monoisotopic (exact) mass is 227 g/mol. The zero-order chi connectivity index (χ0) is 11.4. The van der Waals surface area contributed by atoms with Gasteiger partial charge in [0.1, 0.15) is 0 Å². The minimum atomic E-state index is -0.195. The average molecular weight is 227 g/mol. The van der Waals surface area contributed by atoms with E-state index in [0.717, 1.165) is 39.0 Å². The second-order valence-corrected chi connectivity index (χ2v) is 4.28. The highest BCUT2D eigenvalue weighted by molar-refractivity contribution is 5.85. The molecule has 0 radical (unpaired) electrons. The molecule has 0 aromatic rings. The standard InChI is InChI=1S/C11H21N3O2/c1-15-11(16-2)14-7-3-9(4-8-14)10-12-5-6-13-10/h9,11H,3-8H2,1-2H3,(H,12,13). The number of piperidine rings is 1. The van der Waals surface area contributed by atoms with E-state index < -0.39 is 0 Å². The summed E-state index contributed by atoms with van der Waals surface area (Å²) >= 11 is 0. The first-order valence-corrected chi connectivity index (χ1v) is 5.93. The van der Waals surface area contributed by atoms with E-state index in [1.54, 1.807) is 14.2 Å². The Morgan fingerprint density at radius 2 is 2.00 bits per heavy atom. The lowest BCUT2D eigenvalue weighted by atomic mass is 9.96. The van der Waals surface area contributed by atoms with E-state index in [0.29, 0.717) is 5.92 Å². The number of likely N-dealkylation sites (tertiary alicyclic amines) is 1. The summed E-state index contributed by atoms with van der Waals surface area (Å²) in [5.41, 5.74) is 0. The molecule has 2 rings (SSSR count). The number of methoxy groups -OCH3 is 2. The summed E-state index contributed by atoms with van der Waals surface area (Å²) in [5, 5.41) is 3.37. The molecular weight excluding hydrogens is 206 g/mol. The van der Waals surface area contributed by atoms with Gasteiger partial charge in [0, 0.05) is 39.8 Å². The van der Waals surface area contributed by atoms with E-state index in [2.05, 4.69) is 15.2 Å². The molecule has 0 atom stereocenters. The van der Waals surface area contributed by atoms with Crippen LogP contribution in [0.4, 0.5) is 0 Å². The Morgan fingerprint density at radius 1 is 1.31 bits per heavy atom. The maximum atomic E-state index is 5.26. The lowest BCUT2D eigenvalue weighted by molar-refractivity contribution is -0.201. The molecule has 0 unspecified atom stereocenters. The number of nitrogens with one attached hydrogen (secondary N) is 1. The SMILES string of the molecule is COC(OC)N1CCC(C2=NCCN2)CC1. The molecule has 2 heterocycles. The Kier molecular flexibility index (Phi) is 4.15. The van der Waals surface area contributed by atoms with Gasteiger partial charge < -0.3 is 14.8 Å². The Balaban J connectivity index is 1.82. The van der Waals surface area contributed by atoms with Crippen molar-refractivity contribution in [3.8, 4) is 0 Å². The van der Waals surface area contributed by atoms with Crippen LogP contribution in [0.15, 0.2) is 4.99 Å². The lowest BCUT2D eigenvalue weighted by Gasteiger charge is -2.35. The number of amidine groups is 1. The van der Waals surface area contributed by atoms with Crippen LogP contribution in [0.1, 0.15) is 12.8 Å². The van der Waals surface area contributed by atoms with Crippen molar-refractivity contribution in [3.05, 3.63) is 0 Å². The zero-order valence-electron chi connectivity index (χ0n) is 10.1. The van der Waals surface area contributed by atoms with Crippen molar-refractivity contribution >= 4 is 5.84 Å². The van der Waals surface area contributed by atoms with Crippen LogP contribution in [0.25, 0.3) is 0 Å². The molecule has 0 aromatic heterocycles. The minimum Gasteiger partial charge on any atom is -0.372 e. The molecule has 5 heteroatoms. The summed E-state index contributed by atoms with van der Waals surface area (Å²) in [6, 6.07) is 0. The van der Waals surface area contributed by atoms with E-state index in [4.69, 9.17) is 9.47 Å². The predicted octanol–water partition coefficient (Wildman–Crippen LogP) is 0.277. The molecule has 2 aliphatic heterocycles. The molecule has 0 spiro atoms. The highest BCUT2D eigenvalue weighted by Crippen LogP contribution is 2.21. The van der Waals surface area contributed by atoms with Crippen LogP contribution in [0.3, 0.4) is 0 Å². The van der Waals surface area contributed by atoms with Gasteiger partial charge in [-0.05, 0) is 12.8 Å². The first kappa shape index (κ1) is 11.8. The van der Waals surface area contributed by atoms with Crippen molar-refractivity contribution < 1.29 is 9.47 Å². The first-order valence-electron chi connectivity index (χ1n) is 5.93. The molecule has 1 fully saturated rings. The van der Waals surface area contributed by atoms with Gasteiger partial charge in [-0.1, -0.05) is 0 Å². The van der Waals surface area contributed by atoms with Crippen molar-refractivity contribution in [1.29, 1.82) is 0 Å². The van der Waals surface area contributed by atoms with Gasteiger partial charge in [-0.15, -0.1) is 0 Å². The third kappa shape index (κ3) is 2.53. The van der Waals surface area contributed by atoms with E-state index in [-0.39, 0.29) is 6.41 Å². The van der Waals surface area contributed by atoms with E-state index in [1.165, 1.54) is 5.84 Å². The number of hydrogen-bond acceptors (Lipinski definition) is 5. The molecule has 16 heavy (non-hydrogen) atoms. The average Bonchev–Trinajstić information content (AvgIpc) is 2.85. The van der Waals surface area contributed by atoms with Gasteiger partial charge in [0.25, 0.3) is 0 Å². The summed E-state index contributed by atoms with van der Waals surface area (Å²) < 4.78 is 10.5. The third-order valence-electron chi connectivity index (χ3n) is 3.32. The molecule has 0 amide bonds. The van der Waals surface area contributed by atoms with Gasteiger partial charge in [-0.2, -0.15) is 0 Å². The van der Waals surface area contributed by atoms with Crippen molar-refractivity contribution in [1.82, 2.24) is 10.2 Å². The fourth-order valence-corrected chi connectivity index (χ4v) is 2.47. The molecule has 0 saturated carbocycles. The van der Waals surface area contributed by atoms with E-state index in [9.17, 15) is 0 Å². The number of ether oxygens (including phenoxy) is 2. The largest absolute Gasteiger partial charge is 0.372 e. The van der Waals surface area contributed by atoms with Crippen LogP contribution in [0.5, 0.6) is 0 Å². The second-order valence-electron chi connectivity index (χ2n) is 4.28. The second kappa shape index (κ2) is 5.61. The number of nitrogens with zero attached hydrogens (tertiary/aromatic N) is 2. The maximum Gasteiger partial charge on any atom is 0.218 e. The quantitative estimate of drug-likeness (QED) is 0.701. The van der Waals surface area contributed by atoms with Crippen LogP contribution in [0, 0.1) is 5.92 Å². The summed E-state index contributed by atoms with van der Waals surface area (Å²) in [5.74, 6) is 1.82. The lowest BCUT2D eigenvalue weighted by Crippen LogP contribution is -2.45. The Morgan fingerprint density at radius 3 is 2.50 bits per heavy atom. The van der Waals surface area contributed by atoms with Crippen LogP contribution in [-0.4, -0.2) is 57.5 Å². The molecule has 1 saturated heterocycles. The normalized spacial score (nSPS) is 23.6. The highest BCUT2D eigenvalue weighted by Gasteiger charge is 2.28. The molecule has 1 N–H and O–H groups in total. The van der Waals surface area contributed by atoms with Crippen molar-refractivity contribution in [3.63, 3.8) is 0 Å². The van der Waals surface area contributed by atoms with Crippen LogP contribution in [0.2, 0.25) is 0 Å². The Hall–Kier alpha value is -0.650. The highest BCUT2D eigenvalue weighted by atomic mass is 16.7. The van der Waals surface area contributed by atoms with Gasteiger partial charge in [0.2, 0.25) is 6.41 Å². The predicted molar refractivity (Wildman–Crippen MR) is 62.4 cm³/mol. The summed E-state index contributed by atoms with van der Waals surface area (Å²) in [6.07, 6.45) is 2.07. The van der Waals surface area contributed by atoms with Gasteiger partial charge in [-0.3, -0.25) is 9.89 Å². The van der Waals surface area contributed by atoms with Crippen LogP contribution < -0.4 is 5.32 Å². The van der Waals surface area contributed by atoms with Gasteiger partial charge in [0.15, 0.2) is 0 Å². The van der Waals surface area contributed by atoms with Crippen molar-refractivity contribution in [2.24, 2.45) is 10.9 Å². The van der Waals surface area contributed by atoms with Gasteiger partial charge >= 0.3 is 0 Å². The fraction of sp³-hybridized carbons (Fsp3) is 0.909. The molecular formula is C11H21N3O2. The fourth-order valence-electron chi connectivity index (χ4n) is 2.47. The Bertz CT molecular complexity index is 246. The van der Waals surface area contributed by atoms with E-state index in [1.807, 2.05) is 0 Å². The number of hydrogen-bond donors (Lipinski definition) is 1. The first-order chi connectivity index (χ1) is 7.85. The van der Waals surface area contributed by atoms with Crippen molar-refractivity contribution in [2.75, 3.05) is 40.4 Å². The summed E-state index contributed by atoms with van der Waals surface area (Å²) in [6.45, 7) is 3.97. The number of aliphatic imine (C=N–C) groups is 1. The molecule has 2 aliphatic rings. The number of rotatable bonds is 4. The molecule has 0 aliphatic carbocycles. The Labute approximate surface area is 96.8 Å². The minimum absolute atomic E-state index is 0.195. The van der Waals surface area contributed by atoms with Crippen LogP contribution in [-0.2, 0) is 9.47 Å². The third-order valence-corrected chi connectivity index (χ3v) is 3.32. The summed E-state index contributed by atoms with van der Waals surface area (Å²) in [4.78, 5) is 6.72. The maximum absolute atomic E-state index is 5.26. The molecule has 0 aromatic carbocycles. The topological polar surface area (TPSA) is 46.1 Å². The zero-order valence-corrected chi connectivity index (χ0v) is 10.1. The molecule has 5 nitrogen and oxygen atoms in total. The van der Waals surface area contributed by atoms with E-state index >= 15 is 0 Å². The van der Waals surface area contributed by atoms with Gasteiger partial charge in [0.05, 0.1) is 12.4 Å². The van der Waals surface area contributed by atoms with Gasteiger partial charge in [-0.25, -0.2) is 0 Å². The smallest absolute Gasteiger partial charge is 0.218 e. The molecule has 0 bridgehead atoms. The van der Waals surface area contributed by atoms with Crippen LogP contribution >= 0.6 is 0 Å². The van der Waals surface area contributed by atoms with Crippen molar-refractivity contribution in [2.45, 2.75) is 19.3 Å². The summed E-state index contributed by atoms with van der Waals surface area (Å²) in [7, 11) is 3.37.